The van der Waals surface area contributed by atoms with Crippen LogP contribution in [0.15, 0.2) is 28.7 Å². The Balaban J connectivity index is 2.47. The highest BCUT2D eigenvalue weighted by molar-refractivity contribution is 5.78. The Morgan fingerprint density at radius 1 is 1.25 bits per heavy atom. The van der Waals surface area contributed by atoms with Crippen LogP contribution in [0, 0.1) is 6.92 Å². The van der Waals surface area contributed by atoms with Crippen molar-refractivity contribution >= 4 is 11.0 Å². The van der Waals surface area contributed by atoms with E-state index in [2.05, 4.69) is 0 Å². The lowest BCUT2D eigenvalue weighted by molar-refractivity contribution is -0.211. The molecule has 2 nitrogen and oxygen atoms in total. The third-order valence-electron chi connectivity index (χ3n) is 2.27. The first-order chi connectivity index (χ1) is 7.38. The van der Waals surface area contributed by atoms with Crippen LogP contribution in [0.5, 0.6) is 0 Å². The summed E-state index contributed by atoms with van der Waals surface area (Å²) in [5, 5.41) is 9.56. The quantitative estimate of drug-likeness (QED) is 0.815. The van der Waals surface area contributed by atoms with Gasteiger partial charge < -0.3 is 9.52 Å². The Kier molecular flexibility index (Phi) is 2.42. The Hall–Kier alpha value is -1.49. The van der Waals surface area contributed by atoms with Crippen LogP contribution in [0.1, 0.15) is 17.4 Å². The lowest BCUT2D eigenvalue weighted by atomic mass is 10.1. The molecular weight excluding hydrogens is 221 g/mol. The highest BCUT2D eigenvalue weighted by atomic mass is 19.4. The second kappa shape index (κ2) is 3.52. The number of rotatable bonds is 1. The van der Waals surface area contributed by atoms with E-state index in [-0.39, 0.29) is 0 Å². The molecule has 1 heterocycles. The molecule has 86 valence electrons. The predicted molar refractivity (Wildman–Crippen MR) is 52.0 cm³/mol. The number of halogens is 3. The van der Waals surface area contributed by atoms with Crippen molar-refractivity contribution in [1.82, 2.24) is 0 Å². The average Bonchev–Trinajstić information content (AvgIpc) is 2.57. The van der Waals surface area contributed by atoms with Gasteiger partial charge in [0.15, 0.2) is 0 Å². The Bertz CT molecular complexity index is 513. The molecule has 2 rings (SSSR count). The minimum Gasteiger partial charge on any atom is -0.458 e. The molecule has 0 fully saturated rings. The van der Waals surface area contributed by atoms with E-state index in [0.717, 1.165) is 5.56 Å². The van der Waals surface area contributed by atoms with Crippen molar-refractivity contribution < 1.29 is 22.7 Å². The van der Waals surface area contributed by atoms with Gasteiger partial charge in [0.2, 0.25) is 6.10 Å². The van der Waals surface area contributed by atoms with Crippen molar-refractivity contribution in [2.24, 2.45) is 0 Å². The van der Waals surface area contributed by atoms with Crippen LogP contribution >= 0.6 is 0 Å². The Morgan fingerprint density at radius 2 is 1.94 bits per heavy atom. The molecule has 5 heteroatoms. The maximum Gasteiger partial charge on any atom is 0.421 e. The summed E-state index contributed by atoms with van der Waals surface area (Å²) in [7, 11) is 0. The normalized spacial score (nSPS) is 14.3. The molecule has 16 heavy (non-hydrogen) atoms. The van der Waals surface area contributed by atoms with Gasteiger partial charge in [0.25, 0.3) is 0 Å². The maximum atomic E-state index is 12.2. The summed E-state index contributed by atoms with van der Waals surface area (Å²) in [5.74, 6) is -0.479. The van der Waals surface area contributed by atoms with Gasteiger partial charge in [0, 0.05) is 5.39 Å². The number of hydrogen-bond donors (Lipinski definition) is 1. The SMILES string of the molecule is Cc1ccc2oc([C@@H](O)C(F)(F)F)cc2c1. The Labute approximate surface area is 89.3 Å². The van der Waals surface area contributed by atoms with Crippen molar-refractivity contribution in [1.29, 1.82) is 0 Å². The lowest BCUT2D eigenvalue weighted by Gasteiger charge is -2.10. The number of fused-ring (bicyclic) bond motifs is 1. The molecule has 2 aromatic rings. The van der Waals surface area contributed by atoms with E-state index in [4.69, 9.17) is 9.52 Å². The highest BCUT2D eigenvalue weighted by Gasteiger charge is 2.41. The minimum absolute atomic E-state index is 0.337. The molecule has 0 saturated carbocycles. The van der Waals surface area contributed by atoms with Crippen molar-refractivity contribution in [2.75, 3.05) is 0 Å². The fourth-order valence-electron chi connectivity index (χ4n) is 1.48. The number of furan rings is 1. The summed E-state index contributed by atoms with van der Waals surface area (Å²) in [5.41, 5.74) is 1.25. The molecule has 0 spiro atoms. The van der Waals surface area contributed by atoms with Crippen LogP contribution in [0.25, 0.3) is 11.0 Å². The van der Waals surface area contributed by atoms with E-state index in [1.165, 1.54) is 6.07 Å². The number of aliphatic hydroxyl groups excluding tert-OH is 1. The first-order valence-corrected chi connectivity index (χ1v) is 4.63. The summed E-state index contributed by atoms with van der Waals surface area (Å²) < 4.78 is 41.6. The van der Waals surface area contributed by atoms with Gasteiger partial charge in [-0.05, 0) is 25.1 Å². The fraction of sp³-hybridized carbons (Fsp3) is 0.273. The molecule has 0 saturated heterocycles. The number of alkyl halides is 3. The molecule has 0 aliphatic heterocycles. The molecule has 1 N–H and O–H groups in total. The van der Waals surface area contributed by atoms with E-state index in [1.807, 2.05) is 6.92 Å². The van der Waals surface area contributed by atoms with Gasteiger partial charge in [-0.25, -0.2) is 0 Å². The summed E-state index contributed by atoms with van der Waals surface area (Å²) in [6.45, 7) is 1.83. The summed E-state index contributed by atoms with van der Waals surface area (Å²) >= 11 is 0. The molecular formula is C11H9F3O2. The first-order valence-electron chi connectivity index (χ1n) is 4.63. The standard InChI is InChI=1S/C11H9F3O2/c1-6-2-3-8-7(4-6)5-9(16-8)10(15)11(12,13)14/h2-5,10,15H,1H3/t10-/m1/s1. The topological polar surface area (TPSA) is 33.4 Å². The van der Waals surface area contributed by atoms with E-state index in [1.54, 1.807) is 18.2 Å². The lowest BCUT2D eigenvalue weighted by Crippen LogP contribution is -2.19. The largest absolute Gasteiger partial charge is 0.458 e. The third kappa shape index (κ3) is 1.90. The first kappa shape index (κ1) is 11.0. The molecule has 0 radical (unpaired) electrons. The molecule has 0 amide bonds. The van der Waals surface area contributed by atoms with E-state index in [0.29, 0.717) is 11.0 Å². The van der Waals surface area contributed by atoms with Crippen LogP contribution in [-0.2, 0) is 0 Å². The van der Waals surface area contributed by atoms with Gasteiger partial charge in [-0.3, -0.25) is 0 Å². The molecule has 1 atom stereocenters. The van der Waals surface area contributed by atoms with E-state index >= 15 is 0 Å². The van der Waals surface area contributed by atoms with Gasteiger partial charge in [-0.15, -0.1) is 0 Å². The van der Waals surface area contributed by atoms with Gasteiger partial charge >= 0.3 is 6.18 Å². The molecule has 0 aliphatic carbocycles. The van der Waals surface area contributed by atoms with Crippen molar-refractivity contribution in [3.05, 3.63) is 35.6 Å². The third-order valence-corrected chi connectivity index (χ3v) is 2.27. The maximum absolute atomic E-state index is 12.2. The summed E-state index contributed by atoms with van der Waals surface area (Å²) in [6.07, 6.45) is -7.27. The van der Waals surface area contributed by atoms with E-state index in [9.17, 15) is 13.2 Å². The number of aliphatic hydroxyl groups is 1. The van der Waals surface area contributed by atoms with Gasteiger partial charge in [-0.1, -0.05) is 11.6 Å². The Morgan fingerprint density at radius 3 is 2.56 bits per heavy atom. The van der Waals surface area contributed by atoms with Crippen LogP contribution in [0.3, 0.4) is 0 Å². The predicted octanol–water partition coefficient (Wildman–Crippen LogP) is 3.34. The van der Waals surface area contributed by atoms with Crippen molar-refractivity contribution in [2.45, 2.75) is 19.2 Å². The minimum atomic E-state index is -4.71. The second-order valence-corrected chi connectivity index (χ2v) is 3.63. The van der Waals surface area contributed by atoms with Gasteiger partial charge in [-0.2, -0.15) is 13.2 Å². The number of aryl methyl sites for hydroxylation is 1. The monoisotopic (exact) mass is 230 g/mol. The fourth-order valence-corrected chi connectivity index (χ4v) is 1.48. The number of benzene rings is 1. The summed E-state index contributed by atoms with van der Waals surface area (Å²) in [6, 6.07) is 6.22. The molecule has 0 bridgehead atoms. The smallest absolute Gasteiger partial charge is 0.421 e. The second-order valence-electron chi connectivity index (χ2n) is 3.63. The zero-order valence-corrected chi connectivity index (χ0v) is 8.38. The van der Waals surface area contributed by atoms with Crippen molar-refractivity contribution in [3.8, 4) is 0 Å². The average molecular weight is 230 g/mol. The molecule has 1 aromatic heterocycles. The van der Waals surface area contributed by atoms with Crippen LogP contribution in [-0.4, -0.2) is 11.3 Å². The zero-order valence-electron chi connectivity index (χ0n) is 8.38. The summed E-state index contributed by atoms with van der Waals surface area (Å²) in [4.78, 5) is 0. The highest BCUT2D eigenvalue weighted by Crippen LogP contribution is 2.35. The van der Waals surface area contributed by atoms with Crippen molar-refractivity contribution in [3.63, 3.8) is 0 Å². The van der Waals surface area contributed by atoms with Crippen LogP contribution in [0.4, 0.5) is 13.2 Å². The van der Waals surface area contributed by atoms with E-state index < -0.39 is 18.0 Å². The van der Waals surface area contributed by atoms with Crippen LogP contribution in [0.2, 0.25) is 0 Å². The molecule has 0 unspecified atom stereocenters. The van der Waals surface area contributed by atoms with Gasteiger partial charge in [0.05, 0.1) is 0 Å². The molecule has 1 aromatic carbocycles. The number of hydrogen-bond acceptors (Lipinski definition) is 2. The zero-order chi connectivity index (χ0) is 11.9. The van der Waals surface area contributed by atoms with Gasteiger partial charge in [0.1, 0.15) is 11.3 Å². The molecule has 0 aliphatic rings. The van der Waals surface area contributed by atoms with Crippen LogP contribution < -0.4 is 0 Å².